The van der Waals surface area contributed by atoms with Crippen molar-refractivity contribution in [3.8, 4) is 22.3 Å². The number of nitrogens with two attached hydrogens (primary N) is 2. The lowest BCUT2D eigenvalue weighted by Crippen LogP contribution is -2.04. The minimum Gasteiger partial charge on any atom is -0.379 e. The van der Waals surface area contributed by atoms with Crippen molar-refractivity contribution in [2.24, 2.45) is 11.5 Å². The fourth-order valence-corrected chi connectivity index (χ4v) is 4.15. The smallest absolute Gasteiger partial charge is 0.151 e. The second-order valence-electron chi connectivity index (χ2n) is 6.20. The number of nitrogens with one attached hydrogen (secondary N) is 2. The molecule has 0 fully saturated rings. The summed E-state index contributed by atoms with van der Waals surface area (Å²) >= 11 is 2.66. The van der Waals surface area contributed by atoms with Gasteiger partial charge >= 0.3 is 0 Å². The molecule has 0 unspecified atom stereocenters. The fraction of sp³-hybridized carbons (Fsp3) is 0.0909. The molecule has 0 spiro atoms. The quantitative estimate of drug-likeness (QED) is 0.331. The lowest BCUT2D eigenvalue weighted by atomic mass is 9.95. The van der Waals surface area contributed by atoms with E-state index in [0.29, 0.717) is 11.5 Å². The number of thioether (sulfide) groups is 2. The standard InChI is InChI=1S/C22H22N4S2/c23-21(24)27-13-17-6-1-3-10-19(17)15-8-5-9-16(12-15)20-11-4-2-7-18(20)14-28-22(25)26/h1-12H,13-14H2,(H3,23,24)(H3,25,26). The molecule has 0 atom stereocenters. The van der Waals surface area contributed by atoms with E-state index in [-0.39, 0.29) is 10.3 Å². The first kappa shape index (κ1) is 20.0. The maximum absolute atomic E-state index is 7.47. The molecule has 28 heavy (non-hydrogen) atoms. The van der Waals surface area contributed by atoms with Gasteiger partial charge < -0.3 is 11.5 Å². The van der Waals surface area contributed by atoms with Crippen LogP contribution in [0, 0.1) is 10.8 Å². The van der Waals surface area contributed by atoms with Crippen molar-refractivity contribution < 1.29 is 0 Å². The van der Waals surface area contributed by atoms with Crippen molar-refractivity contribution in [1.29, 1.82) is 10.8 Å². The average molecular weight is 407 g/mol. The van der Waals surface area contributed by atoms with E-state index in [9.17, 15) is 0 Å². The summed E-state index contributed by atoms with van der Waals surface area (Å²) in [6.07, 6.45) is 0. The molecule has 3 aromatic carbocycles. The van der Waals surface area contributed by atoms with Crippen LogP contribution in [0.25, 0.3) is 22.3 Å². The van der Waals surface area contributed by atoms with E-state index in [2.05, 4.69) is 48.5 Å². The van der Waals surface area contributed by atoms with Crippen molar-refractivity contribution in [3.63, 3.8) is 0 Å². The Morgan fingerprint density at radius 3 is 1.50 bits per heavy atom. The molecule has 3 aromatic rings. The van der Waals surface area contributed by atoms with E-state index in [0.717, 1.165) is 33.4 Å². The summed E-state index contributed by atoms with van der Waals surface area (Å²) in [6, 6.07) is 24.9. The molecule has 0 amide bonds. The van der Waals surface area contributed by atoms with Gasteiger partial charge in [-0.1, -0.05) is 90.3 Å². The van der Waals surface area contributed by atoms with Gasteiger partial charge in [0, 0.05) is 11.5 Å². The van der Waals surface area contributed by atoms with Gasteiger partial charge in [0.2, 0.25) is 0 Å². The van der Waals surface area contributed by atoms with Gasteiger partial charge in [-0.3, -0.25) is 10.8 Å². The van der Waals surface area contributed by atoms with Gasteiger partial charge in [0.15, 0.2) is 10.3 Å². The van der Waals surface area contributed by atoms with Crippen LogP contribution in [-0.4, -0.2) is 10.3 Å². The summed E-state index contributed by atoms with van der Waals surface area (Å²) in [5, 5.41) is 15.2. The first-order valence-corrected chi connectivity index (χ1v) is 10.7. The molecule has 3 rings (SSSR count). The van der Waals surface area contributed by atoms with Crippen LogP contribution in [-0.2, 0) is 11.5 Å². The Kier molecular flexibility index (Phi) is 6.79. The number of hydrogen-bond donors (Lipinski definition) is 4. The van der Waals surface area contributed by atoms with E-state index in [4.69, 9.17) is 22.3 Å². The highest BCUT2D eigenvalue weighted by molar-refractivity contribution is 8.13. The van der Waals surface area contributed by atoms with Gasteiger partial charge in [-0.25, -0.2) is 0 Å². The van der Waals surface area contributed by atoms with Gasteiger partial charge in [0.05, 0.1) is 0 Å². The van der Waals surface area contributed by atoms with E-state index in [1.807, 2.05) is 24.3 Å². The molecule has 0 saturated carbocycles. The SMILES string of the molecule is N=C(N)SCc1ccccc1-c1cccc(-c2ccccc2CSC(=N)N)c1. The van der Waals surface area contributed by atoms with Gasteiger partial charge in [0.25, 0.3) is 0 Å². The second-order valence-corrected chi connectivity index (χ2v) is 8.24. The maximum atomic E-state index is 7.47. The molecule has 142 valence electrons. The van der Waals surface area contributed by atoms with Crippen LogP contribution in [0.4, 0.5) is 0 Å². The van der Waals surface area contributed by atoms with Crippen molar-refractivity contribution in [2.75, 3.05) is 0 Å². The summed E-state index contributed by atoms with van der Waals surface area (Å²) in [5.74, 6) is 1.34. The van der Waals surface area contributed by atoms with Gasteiger partial charge in [0.1, 0.15) is 0 Å². The summed E-state index contributed by atoms with van der Waals surface area (Å²) in [4.78, 5) is 0. The lowest BCUT2D eigenvalue weighted by Gasteiger charge is -2.13. The zero-order valence-electron chi connectivity index (χ0n) is 15.3. The molecular formula is C22H22N4S2. The van der Waals surface area contributed by atoms with Gasteiger partial charge in [-0.15, -0.1) is 0 Å². The maximum Gasteiger partial charge on any atom is 0.151 e. The van der Waals surface area contributed by atoms with Crippen molar-refractivity contribution in [2.45, 2.75) is 11.5 Å². The molecule has 0 saturated heterocycles. The van der Waals surface area contributed by atoms with Crippen LogP contribution in [0.5, 0.6) is 0 Å². The Hall–Kier alpha value is -2.70. The molecule has 0 aliphatic rings. The number of amidine groups is 2. The normalized spacial score (nSPS) is 10.6. The Morgan fingerprint density at radius 2 is 1.07 bits per heavy atom. The molecule has 6 N–H and O–H groups in total. The first-order chi connectivity index (χ1) is 13.5. The molecule has 0 bridgehead atoms. The highest BCUT2D eigenvalue weighted by atomic mass is 32.2. The minimum atomic E-state index is 0.125. The highest BCUT2D eigenvalue weighted by Crippen LogP contribution is 2.32. The van der Waals surface area contributed by atoms with Crippen molar-refractivity contribution in [3.05, 3.63) is 83.9 Å². The zero-order chi connectivity index (χ0) is 19.9. The Morgan fingerprint density at radius 1 is 0.643 bits per heavy atom. The number of rotatable bonds is 6. The predicted molar refractivity (Wildman–Crippen MR) is 124 cm³/mol. The summed E-state index contributed by atoms with van der Waals surface area (Å²) in [7, 11) is 0. The Bertz CT molecular complexity index is 924. The van der Waals surface area contributed by atoms with Crippen LogP contribution in [0.1, 0.15) is 11.1 Å². The topological polar surface area (TPSA) is 99.7 Å². The van der Waals surface area contributed by atoms with E-state index >= 15 is 0 Å². The van der Waals surface area contributed by atoms with Crippen LogP contribution >= 0.6 is 23.5 Å². The van der Waals surface area contributed by atoms with E-state index in [1.165, 1.54) is 23.5 Å². The van der Waals surface area contributed by atoms with Crippen molar-refractivity contribution in [1.82, 2.24) is 0 Å². The largest absolute Gasteiger partial charge is 0.379 e. The number of hydrogen-bond acceptors (Lipinski definition) is 4. The molecule has 0 radical (unpaired) electrons. The Labute approximate surface area is 173 Å². The van der Waals surface area contributed by atoms with Gasteiger partial charge in [-0.05, 0) is 39.4 Å². The van der Waals surface area contributed by atoms with Crippen molar-refractivity contribution >= 4 is 33.9 Å². The predicted octanol–water partition coefficient (Wildman–Crippen LogP) is 5.27. The highest BCUT2D eigenvalue weighted by Gasteiger charge is 2.09. The number of benzene rings is 3. The summed E-state index contributed by atoms with van der Waals surface area (Å²) in [5.41, 5.74) is 17.9. The summed E-state index contributed by atoms with van der Waals surface area (Å²) < 4.78 is 0. The molecule has 6 heteroatoms. The third kappa shape index (κ3) is 5.18. The molecule has 0 aliphatic carbocycles. The monoisotopic (exact) mass is 406 g/mol. The lowest BCUT2D eigenvalue weighted by molar-refractivity contribution is 1.39. The zero-order valence-corrected chi connectivity index (χ0v) is 16.9. The van der Waals surface area contributed by atoms with Gasteiger partial charge in [-0.2, -0.15) is 0 Å². The molecule has 0 aliphatic heterocycles. The third-order valence-electron chi connectivity index (χ3n) is 4.29. The summed E-state index contributed by atoms with van der Waals surface area (Å²) in [6.45, 7) is 0. The molecular weight excluding hydrogens is 384 g/mol. The fourth-order valence-electron chi connectivity index (χ4n) is 3.02. The second kappa shape index (κ2) is 9.48. The third-order valence-corrected chi connectivity index (χ3v) is 5.82. The van der Waals surface area contributed by atoms with E-state index in [1.54, 1.807) is 0 Å². The van der Waals surface area contributed by atoms with Crippen LogP contribution in [0.3, 0.4) is 0 Å². The molecule has 0 heterocycles. The van der Waals surface area contributed by atoms with Crippen LogP contribution < -0.4 is 11.5 Å². The van der Waals surface area contributed by atoms with Crippen LogP contribution in [0.2, 0.25) is 0 Å². The molecule has 0 aromatic heterocycles. The molecule has 4 nitrogen and oxygen atoms in total. The first-order valence-electron chi connectivity index (χ1n) is 8.75. The minimum absolute atomic E-state index is 0.125. The van der Waals surface area contributed by atoms with Crippen LogP contribution in [0.15, 0.2) is 72.8 Å². The Balaban J connectivity index is 1.97. The average Bonchev–Trinajstić information content (AvgIpc) is 2.71. The van der Waals surface area contributed by atoms with E-state index < -0.39 is 0 Å².